The van der Waals surface area contributed by atoms with Gasteiger partial charge in [-0.15, -0.1) is 0 Å². The molecule has 0 aliphatic rings. The van der Waals surface area contributed by atoms with Crippen LogP contribution in [-0.4, -0.2) is 18.2 Å². The molecule has 0 spiro atoms. The van der Waals surface area contributed by atoms with Crippen LogP contribution < -0.4 is 5.32 Å². The molecule has 5 heteroatoms. The molecule has 0 bridgehead atoms. The molecule has 3 nitrogen and oxygen atoms in total. The third-order valence-corrected chi connectivity index (χ3v) is 2.69. The zero-order valence-electron chi connectivity index (χ0n) is 10.4. The van der Waals surface area contributed by atoms with E-state index in [2.05, 4.69) is 5.32 Å². The molecule has 0 unspecified atom stereocenters. The zero-order chi connectivity index (χ0) is 14.5. The van der Waals surface area contributed by atoms with Gasteiger partial charge in [0.05, 0.1) is 12.1 Å². The first-order chi connectivity index (χ1) is 9.58. The number of hydrogen-bond acceptors (Lipinski definition) is 2. The van der Waals surface area contributed by atoms with Crippen molar-refractivity contribution in [3.05, 3.63) is 71.3 Å². The van der Waals surface area contributed by atoms with Gasteiger partial charge in [-0.05, 0) is 36.4 Å². The molecule has 0 heterocycles. The lowest BCUT2D eigenvalue weighted by Gasteiger charge is -2.05. The van der Waals surface area contributed by atoms with Crippen LogP contribution >= 0.6 is 0 Å². The minimum Gasteiger partial charge on any atom is -0.344 e. The van der Waals surface area contributed by atoms with E-state index in [4.69, 9.17) is 0 Å². The Bertz CT molecular complexity index is 639. The van der Waals surface area contributed by atoms with Gasteiger partial charge < -0.3 is 5.32 Å². The van der Waals surface area contributed by atoms with Crippen LogP contribution in [0.2, 0.25) is 0 Å². The molecule has 0 saturated carbocycles. The Morgan fingerprint density at radius 2 is 1.60 bits per heavy atom. The smallest absolute Gasteiger partial charge is 0.254 e. The lowest BCUT2D eigenvalue weighted by Crippen LogP contribution is -2.30. The maximum Gasteiger partial charge on any atom is 0.254 e. The molecule has 0 saturated heterocycles. The van der Waals surface area contributed by atoms with Crippen molar-refractivity contribution in [1.82, 2.24) is 5.32 Å². The van der Waals surface area contributed by atoms with Crippen LogP contribution in [0, 0.1) is 11.6 Å². The predicted molar refractivity (Wildman–Crippen MR) is 69.5 cm³/mol. The van der Waals surface area contributed by atoms with Crippen molar-refractivity contribution < 1.29 is 18.4 Å². The van der Waals surface area contributed by atoms with Gasteiger partial charge in [0.15, 0.2) is 5.78 Å². The van der Waals surface area contributed by atoms with E-state index in [-0.39, 0.29) is 23.5 Å². The number of halogens is 2. The van der Waals surface area contributed by atoms with Crippen LogP contribution in [0.1, 0.15) is 20.7 Å². The number of nitrogens with one attached hydrogen (secondary N) is 1. The summed E-state index contributed by atoms with van der Waals surface area (Å²) in [6, 6.07) is 10.5. The first-order valence-electron chi connectivity index (χ1n) is 5.89. The zero-order valence-corrected chi connectivity index (χ0v) is 10.4. The molecular weight excluding hydrogens is 264 g/mol. The van der Waals surface area contributed by atoms with Crippen molar-refractivity contribution in [2.45, 2.75) is 0 Å². The molecule has 2 rings (SSSR count). The van der Waals surface area contributed by atoms with Gasteiger partial charge in [-0.2, -0.15) is 0 Å². The fourth-order valence-corrected chi connectivity index (χ4v) is 1.64. The minimum atomic E-state index is -0.668. The molecule has 0 aliphatic heterocycles. The summed E-state index contributed by atoms with van der Waals surface area (Å²) in [6.45, 7) is -0.279. The summed E-state index contributed by atoms with van der Waals surface area (Å²) in [4.78, 5) is 23.4. The third kappa shape index (κ3) is 3.26. The van der Waals surface area contributed by atoms with E-state index >= 15 is 0 Å². The Morgan fingerprint density at radius 3 is 2.25 bits per heavy atom. The number of amides is 1. The van der Waals surface area contributed by atoms with E-state index in [0.717, 1.165) is 18.2 Å². The largest absolute Gasteiger partial charge is 0.344 e. The van der Waals surface area contributed by atoms with Crippen molar-refractivity contribution >= 4 is 11.7 Å². The highest BCUT2D eigenvalue weighted by molar-refractivity contribution is 6.02. The summed E-state index contributed by atoms with van der Waals surface area (Å²) in [6.07, 6.45) is 0. The predicted octanol–water partition coefficient (Wildman–Crippen LogP) is 2.58. The van der Waals surface area contributed by atoms with Crippen LogP contribution in [0.5, 0.6) is 0 Å². The molecule has 1 amide bonds. The summed E-state index contributed by atoms with van der Waals surface area (Å²) in [7, 11) is 0. The molecular formula is C15H11F2NO2. The topological polar surface area (TPSA) is 46.2 Å². The van der Waals surface area contributed by atoms with Gasteiger partial charge in [-0.3, -0.25) is 9.59 Å². The van der Waals surface area contributed by atoms with Gasteiger partial charge in [0.25, 0.3) is 5.91 Å². The Kier molecular flexibility index (Phi) is 4.20. The van der Waals surface area contributed by atoms with Crippen LogP contribution in [-0.2, 0) is 0 Å². The highest BCUT2D eigenvalue weighted by atomic mass is 19.1. The van der Waals surface area contributed by atoms with Gasteiger partial charge in [0.1, 0.15) is 11.6 Å². The second-order valence-electron chi connectivity index (χ2n) is 4.09. The molecule has 0 aliphatic carbocycles. The monoisotopic (exact) mass is 275 g/mol. The maximum absolute atomic E-state index is 13.3. The fourth-order valence-electron chi connectivity index (χ4n) is 1.64. The normalized spacial score (nSPS) is 10.1. The molecule has 0 radical (unpaired) electrons. The third-order valence-electron chi connectivity index (χ3n) is 2.69. The summed E-state index contributed by atoms with van der Waals surface area (Å²) in [5.41, 5.74) is 0.152. The first kappa shape index (κ1) is 13.9. The summed E-state index contributed by atoms with van der Waals surface area (Å²) in [5.74, 6) is -2.15. The quantitative estimate of drug-likeness (QED) is 0.872. The Labute approximate surface area is 114 Å². The average Bonchev–Trinajstić information content (AvgIpc) is 2.45. The molecule has 0 aromatic heterocycles. The number of Topliss-reactive ketones (excluding diaryl/α,β-unsaturated/α-hetero) is 1. The number of ketones is 1. The SMILES string of the molecule is O=C(CNC(=O)c1ccccc1F)c1ccc(F)cc1. The minimum absolute atomic E-state index is 0.126. The van der Waals surface area contributed by atoms with Gasteiger partial charge in [0.2, 0.25) is 0 Å². The van der Waals surface area contributed by atoms with Crippen molar-refractivity contribution in [1.29, 1.82) is 0 Å². The number of rotatable bonds is 4. The number of carbonyl (C=O) groups excluding carboxylic acids is 2. The second kappa shape index (κ2) is 6.06. The fraction of sp³-hybridized carbons (Fsp3) is 0.0667. The Hall–Kier alpha value is -2.56. The Morgan fingerprint density at radius 1 is 0.950 bits per heavy atom. The van der Waals surface area contributed by atoms with E-state index in [9.17, 15) is 18.4 Å². The van der Waals surface area contributed by atoms with Crippen molar-refractivity contribution in [3.63, 3.8) is 0 Å². The number of carbonyl (C=O) groups is 2. The summed E-state index contributed by atoms with van der Waals surface area (Å²) >= 11 is 0. The van der Waals surface area contributed by atoms with Gasteiger partial charge in [0, 0.05) is 5.56 Å². The number of benzene rings is 2. The van der Waals surface area contributed by atoms with E-state index < -0.39 is 17.5 Å². The van der Waals surface area contributed by atoms with Crippen LogP contribution in [0.15, 0.2) is 48.5 Å². The number of hydrogen-bond donors (Lipinski definition) is 1. The Balaban J connectivity index is 1.99. The first-order valence-corrected chi connectivity index (χ1v) is 5.89. The van der Waals surface area contributed by atoms with Crippen molar-refractivity contribution in [2.24, 2.45) is 0 Å². The van der Waals surface area contributed by atoms with Crippen LogP contribution in [0.4, 0.5) is 8.78 Å². The van der Waals surface area contributed by atoms with Crippen molar-refractivity contribution in [3.8, 4) is 0 Å². The van der Waals surface area contributed by atoms with E-state index in [1.54, 1.807) is 0 Å². The van der Waals surface area contributed by atoms with E-state index in [1.165, 1.54) is 30.3 Å². The van der Waals surface area contributed by atoms with Gasteiger partial charge >= 0.3 is 0 Å². The molecule has 102 valence electrons. The lowest BCUT2D eigenvalue weighted by atomic mass is 10.1. The van der Waals surface area contributed by atoms with Gasteiger partial charge in [-0.25, -0.2) is 8.78 Å². The standard InChI is InChI=1S/C15H11F2NO2/c16-11-7-5-10(6-8-11)14(19)9-18-15(20)12-3-1-2-4-13(12)17/h1-8H,9H2,(H,18,20). The highest BCUT2D eigenvalue weighted by Gasteiger charge is 2.12. The van der Waals surface area contributed by atoms with Crippen LogP contribution in [0.25, 0.3) is 0 Å². The lowest BCUT2D eigenvalue weighted by molar-refractivity contribution is 0.0901. The summed E-state index contributed by atoms with van der Waals surface area (Å²) < 4.78 is 26.1. The van der Waals surface area contributed by atoms with E-state index in [1.807, 2.05) is 0 Å². The summed E-state index contributed by atoms with van der Waals surface area (Å²) in [5, 5.41) is 2.33. The average molecular weight is 275 g/mol. The van der Waals surface area contributed by atoms with Gasteiger partial charge in [-0.1, -0.05) is 12.1 Å². The molecule has 0 atom stereocenters. The second-order valence-corrected chi connectivity index (χ2v) is 4.09. The van der Waals surface area contributed by atoms with Crippen molar-refractivity contribution in [2.75, 3.05) is 6.54 Å². The molecule has 0 fully saturated rings. The molecule has 20 heavy (non-hydrogen) atoms. The molecule has 2 aromatic carbocycles. The molecule has 1 N–H and O–H groups in total. The highest BCUT2D eigenvalue weighted by Crippen LogP contribution is 2.06. The maximum atomic E-state index is 13.3. The molecule has 2 aromatic rings. The van der Waals surface area contributed by atoms with Crippen LogP contribution in [0.3, 0.4) is 0 Å². The van der Waals surface area contributed by atoms with E-state index in [0.29, 0.717) is 0 Å².